The maximum Gasteiger partial charge on any atom is 0.254 e. The number of nitrogens with zero attached hydrogens (tertiary/aromatic N) is 4. The Bertz CT molecular complexity index is 2570. The van der Waals surface area contributed by atoms with Gasteiger partial charge in [0.1, 0.15) is 36.6 Å². The van der Waals surface area contributed by atoms with E-state index in [4.69, 9.17) is 21.1 Å². The number of nitrogens with one attached hydrogen (secondary N) is 2. The molecule has 3 aliphatic rings. The number of aromatic nitrogens is 1. The van der Waals surface area contributed by atoms with Gasteiger partial charge in [-0.3, -0.25) is 19.2 Å². The Balaban J connectivity index is 0.826. The molecule has 3 aromatic carbocycles. The van der Waals surface area contributed by atoms with E-state index in [1.54, 1.807) is 29.5 Å². The number of carbonyl (C=O) groups is 4. The summed E-state index contributed by atoms with van der Waals surface area (Å²) in [6.07, 6.45) is 3.57. The highest BCUT2D eigenvalue weighted by Crippen LogP contribution is 2.59. The minimum atomic E-state index is -0.944. The van der Waals surface area contributed by atoms with Crippen molar-refractivity contribution >= 4 is 46.6 Å². The molecule has 3 N–H and O–H groups in total. The van der Waals surface area contributed by atoms with Gasteiger partial charge in [-0.2, -0.15) is 5.26 Å². The van der Waals surface area contributed by atoms with Crippen molar-refractivity contribution < 1.29 is 33.8 Å². The molecule has 0 spiro atoms. The van der Waals surface area contributed by atoms with Gasteiger partial charge in [0.05, 0.1) is 38.8 Å². The molecule has 368 valence electrons. The maximum atomic E-state index is 14.1. The van der Waals surface area contributed by atoms with Gasteiger partial charge in [0, 0.05) is 54.6 Å². The number of benzene rings is 3. The van der Waals surface area contributed by atoms with E-state index in [-0.39, 0.29) is 60.4 Å². The molecule has 3 heterocycles. The third-order valence-electron chi connectivity index (χ3n) is 14.2. The van der Waals surface area contributed by atoms with E-state index in [0.717, 1.165) is 64.9 Å². The number of likely N-dealkylation sites (tertiary alicyclic amines) is 1. The van der Waals surface area contributed by atoms with Gasteiger partial charge in [0.25, 0.3) is 5.91 Å². The van der Waals surface area contributed by atoms with Gasteiger partial charge in [-0.05, 0) is 79.0 Å². The number of aryl methyl sites for hydroxylation is 2. The van der Waals surface area contributed by atoms with Crippen LogP contribution < -0.4 is 15.4 Å². The quantitative estimate of drug-likeness (QED) is 0.0823. The second kappa shape index (κ2) is 20.9. The topological polar surface area (TPSA) is 174 Å². The van der Waals surface area contributed by atoms with E-state index in [9.17, 15) is 29.5 Å². The Labute approximate surface area is 415 Å². The molecule has 0 unspecified atom stereocenters. The number of carbonyl (C=O) groups excluding carboxylic acids is 4. The second-order valence-corrected chi connectivity index (χ2v) is 22.6. The van der Waals surface area contributed by atoms with Crippen LogP contribution in [0.2, 0.25) is 5.02 Å². The first-order valence-corrected chi connectivity index (χ1v) is 25.3. The van der Waals surface area contributed by atoms with Gasteiger partial charge in [0.2, 0.25) is 17.7 Å². The molecule has 1 saturated heterocycles. The number of rotatable bonds is 18. The van der Waals surface area contributed by atoms with E-state index in [2.05, 4.69) is 61.5 Å². The fraction of sp³-hybridized carbons (Fsp3) is 0.519. The number of thiazole rings is 1. The molecular formula is C54H67ClN6O7S. The predicted octanol–water partition coefficient (Wildman–Crippen LogP) is 8.97. The van der Waals surface area contributed by atoms with Crippen LogP contribution in [-0.4, -0.2) is 93.6 Å². The molecular weight excluding hydrogens is 912 g/mol. The average molecular weight is 980 g/mol. The van der Waals surface area contributed by atoms with E-state index < -0.39 is 35.4 Å². The van der Waals surface area contributed by atoms with Gasteiger partial charge in [-0.25, -0.2) is 4.98 Å². The van der Waals surface area contributed by atoms with Crippen LogP contribution in [0.5, 0.6) is 5.75 Å². The Morgan fingerprint density at radius 2 is 1.71 bits per heavy atom. The van der Waals surface area contributed by atoms with Crippen molar-refractivity contribution in [3.8, 4) is 22.3 Å². The lowest BCUT2D eigenvalue weighted by Crippen LogP contribution is -2.74. The van der Waals surface area contributed by atoms with Crippen LogP contribution in [0.1, 0.15) is 132 Å². The Morgan fingerprint density at radius 1 is 1.00 bits per heavy atom. The summed E-state index contributed by atoms with van der Waals surface area (Å²) < 4.78 is 12.2. The number of hydrogen-bond acceptors (Lipinski definition) is 10. The van der Waals surface area contributed by atoms with Crippen molar-refractivity contribution in [3.05, 3.63) is 105 Å². The lowest BCUT2D eigenvalue weighted by Gasteiger charge is -2.65. The number of fused-ring (bicyclic) bond motifs is 1. The summed E-state index contributed by atoms with van der Waals surface area (Å²) in [5.41, 5.74) is 6.76. The third-order valence-corrected chi connectivity index (χ3v) is 15.5. The molecule has 1 aromatic heterocycles. The number of ether oxygens (including phenoxy) is 2. The lowest BCUT2D eigenvalue weighted by atomic mass is 9.49. The fourth-order valence-corrected chi connectivity index (χ4v) is 12.1. The summed E-state index contributed by atoms with van der Waals surface area (Å²) in [5, 5.41) is 26.2. The van der Waals surface area contributed by atoms with Crippen molar-refractivity contribution in [2.24, 2.45) is 16.2 Å². The Morgan fingerprint density at radius 3 is 2.36 bits per heavy atom. The van der Waals surface area contributed by atoms with Crippen LogP contribution in [0.15, 0.2) is 66.2 Å². The van der Waals surface area contributed by atoms with Crippen LogP contribution >= 0.6 is 22.9 Å². The Hall–Kier alpha value is -5.33. The monoisotopic (exact) mass is 978 g/mol. The summed E-state index contributed by atoms with van der Waals surface area (Å²) in [4.78, 5) is 63.6. The van der Waals surface area contributed by atoms with Crippen LogP contribution in [0.25, 0.3) is 10.4 Å². The van der Waals surface area contributed by atoms with E-state index in [1.807, 2.05) is 75.4 Å². The molecule has 0 bridgehead atoms. The molecule has 2 aliphatic heterocycles. The molecule has 0 radical (unpaired) electrons. The highest BCUT2D eigenvalue weighted by Gasteiger charge is 2.67. The second-order valence-electron chi connectivity index (χ2n) is 21.3. The summed E-state index contributed by atoms with van der Waals surface area (Å²) >= 11 is 7.87. The molecule has 4 amide bonds. The molecule has 4 atom stereocenters. The van der Waals surface area contributed by atoms with Crippen LogP contribution in [0.3, 0.4) is 0 Å². The van der Waals surface area contributed by atoms with Crippen LogP contribution in [-0.2, 0) is 32.1 Å². The van der Waals surface area contributed by atoms with Gasteiger partial charge in [0.15, 0.2) is 0 Å². The number of unbranched alkanes of at least 4 members (excludes halogenated alkanes) is 3. The standard InChI is InChI=1S/C54H67ClN6O7S/c1-32(35-16-18-36(19-17-35)45-33(2)57-31-69-45)58-47(64)43-25-39(62)29-60(43)49(66)46(52(3,4)5)59-44(63)30-67-23-13-11-10-12-14-34-15-22-41-38(24-34)28-61(48(41)65)50-53(6,7)51(54(50,8)9)68-40-21-20-37(27-56)42(55)26-40/h15-22,24,26,31-32,39,43,46,50-51,62H,10-14,23,25,28-30H2,1-9H3,(H,58,64)(H,59,63)/t32-,39+,43-,46+,50?,51?/m0/s1. The Kier molecular flexibility index (Phi) is 15.6. The van der Waals surface area contributed by atoms with Gasteiger partial charge >= 0.3 is 0 Å². The minimum Gasteiger partial charge on any atom is -0.489 e. The highest BCUT2D eigenvalue weighted by molar-refractivity contribution is 7.13. The molecule has 2 fully saturated rings. The van der Waals surface area contributed by atoms with E-state index >= 15 is 0 Å². The summed E-state index contributed by atoms with van der Waals surface area (Å²) in [6, 6.07) is 19.1. The first-order valence-electron chi connectivity index (χ1n) is 24.1. The zero-order valence-corrected chi connectivity index (χ0v) is 42.9. The first-order chi connectivity index (χ1) is 32.6. The number of aliphatic hydroxyl groups excluding tert-OH is 1. The number of hydrogen-bond donors (Lipinski definition) is 3. The largest absolute Gasteiger partial charge is 0.489 e. The van der Waals surface area contributed by atoms with Crippen LogP contribution in [0, 0.1) is 34.5 Å². The van der Waals surface area contributed by atoms with Crippen molar-refractivity contribution in [2.75, 3.05) is 19.8 Å². The minimum absolute atomic E-state index is 0.00753. The van der Waals surface area contributed by atoms with Crippen molar-refractivity contribution in [2.45, 2.75) is 144 Å². The van der Waals surface area contributed by atoms with E-state index in [1.165, 1.54) is 10.5 Å². The van der Waals surface area contributed by atoms with Crippen molar-refractivity contribution in [1.29, 1.82) is 5.26 Å². The van der Waals surface area contributed by atoms with Crippen molar-refractivity contribution in [1.82, 2.24) is 25.4 Å². The molecule has 13 nitrogen and oxygen atoms in total. The first kappa shape index (κ1) is 51.5. The molecule has 69 heavy (non-hydrogen) atoms. The van der Waals surface area contributed by atoms with Gasteiger partial charge in [-0.15, -0.1) is 11.3 Å². The zero-order chi connectivity index (χ0) is 50.0. The number of aliphatic hydroxyl groups is 1. The highest BCUT2D eigenvalue weighted by atomic mass is 35.5. The molecule has 15 heteroatoms. The maximum absolute atomic E-state index is 14.1. The summed E-state index contributed by atoms with van der Waals surface area (Å²) in [5.74, 6) is -0.556. The van der Waals surface area contributed by atoms with Crippen molar-refractivity contribution in [3.63, 3.8) is 0 Å². The molecule has 4 aromatic rings. The van der Waals surface area contributed by atoms with Crippen LogP contribution in [0.4, 0.5) is 0 Å². The number of β-amino-alcohol motifs (C(OH)–C–C–N with tert-alkyl or cyclic N) is 1. The smallest absolute Gasteiger partial charge is 0.254 e. The number of halogens is 1. The molecule has 1 saturated carbocycles. The van der Waals surface area contributed by atoms with Gasteiger partial charge < -0.3 is 35.0 Å². The zero-order valence-electron chi connectivity index (χ0n) is 41.4. The lowest BCUT2D eigenvalue weighted by molar-refractivity contribution is -0.199. The van der Waals surface area contributed by atoms with E-state index in [0.29, 0.717) is 29.5 Å². The summed E-state index contributed by atoms with van der Waals surface area (Å²) in [7, 11) is 0. The van der Waals surface area contributed by atoms with Gasteiger partial charge in [-0.1, -0.05) is 109 Å². The summed E-state index contributed by atoms with van der Waals surface area (Å²) in [6.45, 7) is 18.7. The number of nitriles is 1. The predicted molar refractivity (Wildman–Crippen MR) is 268 cm³/mol. The SMILES string of the molecule is Cc1ncsc1-c1ccc([C@H](C)NC(=O)[C@@H]2C[C@@H](O)CN2C(=O)[C@@H](NC(=O)COCCCCCCc2ccc3c(c2)CN(C2C(C)(C)C(Oc4ccc(C#N)c(Cl)c4)C2(C)C)C3=O)C(C)(C)C)cc1. The normalized spacial score (nSPS) is 21.2. The molecule has 7 rings (SSSR count). The third kappa shape index (κ3) is 11.2. The fourth-order valence-electron chi connectivity index (χ4n) is 11.0. The number of amides is 4. The average Bonchev–Trinajstić information content (AvgIpc) is 4.00. The molecule has 1 aliphatic carbocycles.